The summed E-state index contributed by atoms with van der Waals surface area (Å²) in [5, 5.41) is 0. The van der Waals surface area contributed by atoms with E-state index in [1.54, 1.807) is 12.1 Å². The van der Waals surface area contributed by atoms with E-state index in [0.717, 1.165) is 31.2 Å². The third-order valence-electron chi connectivity index (χ3n) is 5.74. The molecule has 1 amide bonds. The van der Waals surface area contributed by atoms with Gasteiger partial charge in [-0.3, -0.25) is 4.79 Å². The Hall–Kier alpha value is -2.38. The molecule has 0 spiro atoms. The third kappa shape index (κ3) is 4.23. The van der Waals surface area contributed by atoms with Crippen LogP contribution in [0.25, 0.3) is 0 Å². The number of hydrogen-bond acceptors (Lipinski definition) is 4. The number of nitrogens with zero attached hydrogens (tertiary/aromatic N) is 1. The Morgan fingerprint density at radius 2 is 1.77 bits per heavy atom. The Labute approximate surface area is 178 Å². The molecule has 7 heteroatoms. The Bertz CT molecular complexity index is 1060. The van der Waals surface area contributed by atoms with Crippen molar-refractivity contribution in [3.63, 3.8) is 0 Å². The first-order valence-corrected chi connectivity index (χ1v) is 11.9. The van der Waals surface area contributed by atoms with Gasteiger partial charge in [0.05, 0.1) is 13.2 Å². The maximum absolute atomic E-state index is 13.4. The highest BCUT2D eigenvalue weighted by atomic mass is 32.2. The van der Waals surface area contributed by atoms with Gasteiger partial charge in [-0.15, -0.1) is 0 Å². The summed E-state index contributed by atoms with van der Waals surface area (Å²) in [7, 11) is -2.31. The van der Waals surface area contributed by atoms with Crippen LogP contribution in [0.2, 0.25) is 0 Å². The number of methoxy groups -OCH3 is 1. The van der Waals surface area contributed by atoms with Crippen molar-refractivity contribution in [1.29, 1.82) is 0 Å². The molecule has 2 aromatic carbocycles. The fourth-order valence-corrected chi connectivity index (χ4v) is 5.73. The van der Waals surface area contributed by atoms with Crippen molar-refractivity contribution in [2.24, 2.45) is 0 Å². The van der Waals surface area contributed by atoms with Gasteiger partial charge in [-0.25, -0.2) is 13.1 Å². The van der Waals surface area contributed by atoms with Crippen molar-refractivity contribution in [2.75, 3.05) is 13.7 Å². The minimum atomic E-state index is -3.74. The summed E-state index contributed by atoms with van der Waals surface area (Å²) in [5.74, 6) is 0.0918. The van der Waals surface area contributed by atoms with Crippen LogP contribution in [0.5, 0.6) is 5.75 Å². The highest BCUT2D eigenvalue weighted by molar-refractivity contribution is 7.89. The smallest absolute Gasteiger partial charge is 0.254 e. The fourth-order valence-electron chi connectivity index (χ4n) is 4.23. The molecular weight excluding hydrogens is 400 g/mol. The number of carbonyl (C=O) groups is 1. The molecule has 0 radical (unpaired) electrons. The first-order chi connectivity index (χ1) is 14.3. The summed E-state index contributed by atoms with van der Waals surface area (Å²) in [6, 6.07) is 11.0. The highest BCUT2D eigenvalue weighted by Gasteiger charge is 2.33. The van der Waals surface area contributed by atoms with Crippen LogP contribution in [0.3, 0.4) is 0 Å². The monoisotopic (exact) mass is 428 g/mol. The van der Waals surface area contributed by atoms with Gasteiger partial charge < -0.3 is 9.64 Å². The molecular formula is C23H28N2O4S. The molecule has 6 nitrogen and oxygen atoms in total. The second-order valence-corrected chi connectivity index (χ2v) is 10.0. The van der Waals surface area contributed by atoms with Gasteiger partial charge in [-0.2, -0.15) is 0 Å². The summed E-state index contributed by atoms with van der Waals surface area (Å²) in [6.45, 7) is 4.78. The fraction of sp³-hybridized carbons (Fsp3) is 0.435. The number of likely N-dealkylation sites (tertiary alicyclic amines) is 1. The molecule has 1 atom stereocenters. The standard InChI is InChI=1S/C23H28N2O4S/c1-15-11-16(2)13-18(12-15)20-5-4-10-25(20)23(26)17-6-9-21(29-3)22(14-17)30(27,28)24-19-7-8-19/h6,9,11-14,19-20,24H,4-5,7-8,10H2,1-3H3. The van der Waals surface area contributed by atoms with Gasteiger partial charge in [0.25, 0.3) is 5.91 Å². The van der Waals surface area contributed by atoms with Crippen LogP contribution in [-0.4, -0.2) is 38.9 Å². The lowest BCUT2D eigenvalue weighted by Gasteiger charge is -2.26. The number of amides is 1. The average molecular weight is 429 g/mol. The molecule has 30 heavy (non-hydrogen) atoms. The van der Waals surface area contributed by atoms with Gasteiger partial charge in [0.2, 0.25) is 10.0 Å². The number of nitrogens with one attached hydrogen (secondary N) is 1. The van der Waals surface area contributed by atoms with E-state index in [1.165, 1.54) is 24.3 Å². The van der Waals surface area contributed by atoms with E-state index in [1.807, 2.05) is 4.90 Å². The SMILES string of the molecule is COc1ccc(C(=O)N2CCCC2c2cc(C)cc(C)c2)cc1S(=O)(=O)NC1CC1. The minimum Gasteiger partial charge on any atom is -0.495 e. The highest BCUT2D eigenvalue weighted by Crippen LogP contribution is 2.35. The minimum absolute atomic E-state index is 0.00264. The molecule has 1 saturated carbocycles. The van der Waals surface area contributed by atoms with Crippen molar-refractivity contribution < 1.29 is 17.9 Å². The van der Waals surface area contributed by atoms with Crippen molar-refractivity contribution >= 4 is 15.9 Å². The molecule has 0 bridgehead atoms. The van der Waals surface area contributed by atoms with Gasteiger partial charge in [0.1, 0.15) is 10.6 Å². The maximum Gasteiger partial charge on any atom is 0.254 e. The molecule has 1 aliphatic carbocycles. The molecule has 4 rings (SSSR count). The molecule has 1 saturated heterocycles. The van der Waals surface area contributed by atoms with E-state index in [2.05, 4.69) is 36.8 Å². The van der Waals surface area contributed by atoms with Crippen LogP contribution in [0.15, 0.2) is 41.3 Å². The Kier molecular flexibility index (Phi) is 5.59. The second kappa shape index (κ2) is 8.04. The lowest BCUT2D eigenvalue weighted by Crippen LogP contribution is -2.31. The van der Waals surface area contributed by atoms with E-state index in [9.17, 15) is 13.2 Å². The van der Waals surface area contributed by atoms with Gasteiger partial charge in [0.15, 0.2) is 0 Å². The van der Waals surface area contributed by atoms with E-state index in [0.29, 0.717) is 12.1 Å². The van der Waals surface area contributed by atoms with Gasteiger partial charge in [-0.05, 0) is 63.3 Å². The second-order valence-electron chi connectivity index (χ2n) is 8.34. The number of ether oxygens (including phenoxy) is 1. The summed E-state index contributed by atoms with van der Waals surface area (Å²) in [6.07, 6.45) is 3.50. The molecule has 1 aliphatic heterocycles. The van der Waals surface area contributed by atoms with Crippen LogP contribution in [0.4, 0.5) is 0 Å². The summed E-state index contributed by atoms with van der Waals surface area (Å²) in [4.78, 5) is 15.3. The van der Waals surface area contributed by atoms with E-state index >= 15 is 0 Å². The Balaban J connectivity index is 1.66. The number of benzene rings is 2. The maximum atomic E-state index is 13.4. The van der Waals surface area contributed by atoms with Gasteiger partial charge >= 0.3 is 0 Å². The first-order valence-electron chi connectivity index (χ1n) is 10.4. The molecule has 2 aromatic rings. The number of rotatable bonds is 6. The van der Waals surface area contributed by atoms with Crippen molar-refractivity contribution in [3.8, 4) is 5.75 Å². The van der Waals surface area contributed by atoms with Crippen LogP contribution in [-0.2, 0) is 10.0 Å². The van der Waals surface area contributed by atoms with Crippen molar-refractivity contribution in [3.05, 3.63) is 58.7 Å². The summed E-state index contributed by atoms with van der Waals surface area (Å²) >= 11 is 0. The zero-order valence-electron chi connectivity index (χ0n) is 17.6. The zero-order valence-corrected chi connectivity index (χ0v) is 18.5. The van der Waals surface area contributed by atoms with Crippen molar-refractivity contribution in [1.82, 2.24) is 9.62 Å². The Morgan fingerprint density at radius 3 is 2.40 bits per heavy atom. The Morgan fingerprint density at radius 1 is 1.07 bits per heavy atom. The molecule has 1 N–H and O–H groups in total. The predicted octanol–water partition coefficient (Wildman–Crippen LogP) is 3.73. The third-order valence-corrected chi connectivity index (χ3v) is 7.28. The number of hydrogen-bond donors (Lipinski definition) is 1. The van der Waals surface area contributed by atoms with Crippen molar-refractivity contribution in [2.45, 2.75) is 56.5 Å². The van der Waals surface area contributed by atoms with Crippen LogP contribution in [0.1, 0.15) is 58.8 Å². The zero-order chi connectivity index (χ0) is 21.5. The van der Waals surface area contributed by atoms with Crippen LogP contribution >= 0.6 is 0 Å². The normalized spacial score (nSPS) is 19.2. The van der Waals surface area contributed by atoms with E-state index in [-0.39, 0.29) is 28.6 Å². The molecule has 1 unspecified atom stereocenters. The molecule has 0 aromatic heterocycles. The quantitative estimate of drug-likeness (QED) is 0.761. The average Bonchev–Trinajstić information content (AvgIpc) is 3.36. The van der Waals surface area contributed by atoms with Gasteiger partial charge in [-0.1, -0.05) is 29.3 Å². The number of carbonyl (C=O) groups excluding carboxylic acids is 1. The molecule has 2 aliphatic rings. The largest absolute Gasteiger partial charge is 0.495 e. The summed E-state index contributed by atoms with van der Waals surface area (Å²) in [5.41, 5.74) is 3.85. The lowest BCUT2D eigenvalue weighted by atomic mass is 9.99. The number of sulfonamides is 1. The van der Waals surface area contributed by atoms with E-state index in [4.69, 9.17) is 4.74 Å². The molecule has 1 heterocycles. The topological polar surface area (TPSA) is 75.7 Å². The number of aryl methyl sites for hydroxylation is 2. The van der Waals surface area contributed by atoms with Gasteiger partial charge in [0, 0.05) is 18.2 Å². The first kappa shape index (κ1) is 20.9. The lowest BCUT2D eigenvalue weighted by molar-refractivity contribution is 0.0735. The van der Waals surface area contributed by atoms with Crippen LogP contribution < -0.4 is 9.46 Å². The summed E-state index contributed by atoms with van der Waals surface area (Å²) < 4.78 is 33.5. The molecule has 160 valence electrons. The molecule has 2 fully saturated rings. The van der Waals surface area contributed by atoms with Crippen LogP contribution in [0, 0.1) is 13.8 Å². The predicted molar refractivity (Wildman–Crippen MR) is 115 cm³/mol. The van der Waals surface area contributed by atoms with E-state index < -0.39 is 10.0 Å².